The molecule has 0 atom stereocenters. The summed E-state index contributed by atoms with van der Waals surface area (Å²) >= 11 is 0. The van der Waals surface area contributed by atoms with Crippen molar-refractivity contribution in [3.63, 3.8) is 0 Å². The molecule has 0 saturated carbocycles. The molecule has 0 radical (unpaired) electrons. The molecule has 2 rings (SSSR count). The average Bonchev–Trinajstić information content (AvgIpc) is 2.58. The predicted octanol–water partition coefficient (Wildman–Crippen LogP) is 3.79. The van der Waals surface area contributed by atoms with Crippen LogP contribution in [0.5, 0.6) is 11.5 Å². The minimum absolute atomic E-state index is 0.0211. The fourth-order valence-corrected chi connectivity index (χ4v) is 2.16. The van der Waals surface area contributed by atoms with Crippen molar-refractivity contribution in [2.45, 2.75) is 0 Å². The van der Waals surface area contributed by atoms with Gasteiger partial charge in [0, 0.05) is 0 Å². The maximum absolute atomic E-state index is 13.6. The first kappa shape index (κ1) is 18.1. The van der Waals surface area contributed by atoms with Crippen molar-refractivity contribution < 1.29 is 28.0 Å². The Hall–Kier alpha value is -3.29. The summed E-state index contributed by atoms with van der Waals surface area (Å²) in [6, 6.07) is 5.45. The SMILES string of the molecule is COc1cc(/C=C/C(=O)c2c(F)cccc2F)c([N+](=O)[O-])cc1OC. The van der Waals surface area contributed by atoms with Gasteiger partial charge in [-0.2, -0.15) is 0 Å². The van der Waals surface area contributed by atoms with E-state index < -0.39 is 27.9 Å². The summed E-state index contributed by atoms with van der Waals surface area (Å²) in [5.74, 6) is -2.65. The number of ketones is 1. The fraction of sp³-hybridized carbons (Fsp3) is 0.118. The first-order valence-corrected chi connectivity index (χ1v) is 6.95. The summed E-state index contributed by atoms with van der Waals surface area (Å²) in [5, 5.41) is 11.2. The molecule has 6 nitrogen and oxygen atoms in total. The van der Waals surface area contributed by atoms with Crippen LogP contribution in [0.3, 0.4) is 0 Å². The quantitative estimate of drug-likeness (QED) is 0.343. The highest BCUT2D eigenvalue weighted by Gasteiger charge is 2.19. The summed E-state index contributed by atoms with van der Waals surface area (Å²) in [6.45, 7) is 0. The smallest absolute Gasteiger partial charge is 0.280 e. The van der Waals surface area contributed by atoms with Gasteiger partial charge in [-0.05, 0) is 30.4 Å². The molecule has 0 spiro atoms. The number of hydrogen-bond acceptors (Lipinski definition) is 5. The lowest BCUT2D eigenvalue weighted by atomic mass is 10.1. The zero-order valence-electron chi connectivity index (χ0n) is 13.3. The number of methoxy groups -OCH3 is 2. The third-order valence-electron chi connectivity index (χ3n) is 3.35. The number of hydrogen-bond donors (Lipinski definition) is 0. The molecule has 0 aliphatic carbocycles. The maximum atomic E-state index is 13.6. The third-order valence-corrected chi connectivity index (χ3v) is 3.35. The largest absolute Gasteiger partial charge is 0.493 e. The number of nitro benzene ring substituents is 1. The molecule has 0 N–H and O–H groups in total. The highest BCUT2D eigenvalue weighted by Crippen LogP contribution is 2.35. The van der Waals surface area contributed by atoms with Crippen molar-refractivity contribution in [1.82, 2.24) is 0 Å². The molecule has 0 bridgehead atoms. The molecule has 25 heavy (non-hydrogen) atoms. The van der Waals surface area contributed by atoms with Crippen LogP contribution in [0.1, 0.15) is 15.9 Å². The summed E-state index contributed by atoms with van der Waals surface area (Å²) in [6.07, 6.45) is 1.95. The minimum atomic E-state index is -1.02. The average molecular weight is 349 g/mol. The van der Waals surface area contributed by atoms with Crippen LogP contribution in [-0.4, -0.2) is 24.9 Å². The van der Waals surface area contributed by atoms with E-state index in [1.165, 1.54) is 20.3 Å². The molecule has 2 aromatic carbocycles. The monoisotopic (exact) mass is 349 g/mol. The van der Waals surface area contributed by atoms with Crippen LogP contribution in [0, 0.1) is 21.7 Å². The van der Waals surface area contributed by atoms with Gasteiger partial charge in [-0.15, -0.1) is 0 Å². The number of halogens is 2. The van der Waals surface area contributed by atoms with Gasteiger partial charge in [0.2, 0.25) is 0 Å². The van der Waals surface area contributed by atoms with Crippen LogP contribution in [0.4, 0.5) is 14.5 Å². The fourth-order valence-electron chi connectivity index (χ4n) is 2.16. The normalized spacial score (nSPS) is 10.7. The number of allylic oxidation sites excluding steroid dienone is 1. The van der Waals surface area contributed by atoms with Crippen LogP contribution in [0.2, 0.25) is 0 Å². The standard InChI is InChI=1S/C17H13F2NO5/c1-24-15-8-10(13(20(22)23)9-16(15)25-2)6-7-14(21)17-11(18)4-3-5-12(17)19/h3-9H,1-2H3/b7-6+. The van der Waals surface area contributed by atoms with Crippen molar-refractivity contribution in [1.29, 1.82) is 0 Å². The Morgan fingerprint density at radius 2 is 1.68 bits per heavy atom. The molecule has 0 aliphatic heterocycles. The Balaban J connectivity index is 2.46. The van der Waals surface area contributed by atoms with Gasteiger partial charge in [-0.25, -0.2) is 8.78 Å². The maximum Gasteiger partial charge on any atom is 0.280 e. The van der Waals surface area contributed by atoms with E-state index in [1.54, 1.807) is 0 Å². The molecule has 0 saturated heterocycles. The van der Waals surface area contributed by atoms with Crippen LogP contribution in [0.15, 0.2) is 36.4 Å². The summed E-state index contributed by atoms with van der Waals surface area (Å²) in [4.78, 5) is 22.5. The number of benzene rings is 2. The molecule has 0 heterocycles. The van der Waals surface area contributed by atoms with E-state index in [9.17, 15) is 23.7 Å². The van der Waals surface area contributed by atoms with Crippen molar-refractivity contribution in [2.75, 3.05) is 14.2 Å². The lowest BCUT2D eigenvalue weighted by Crippen LogP contribution is -2.03. The molecular formula is C17H13F2NO5. The highest BCUT2D eigenvalue weighted by molar-refractivity contribution is 6.07. The van der Waals surface area contributed by atoms with E-state index in [2.05, 4.69) is 0 Å². The van der Waals surface area contributed by atoms with Gasteiger partial charge >= 0.3 is 0 Å². The van der Waals surface area contributed by atoms with Crippen LogP contribution >= 0.6 is 0 Å². The Bertz CT molecular complexity index is 844. The predicted molar refractivity (Wildman–Crippen MR) is 85.9 cm³/mol. The van der Waals surface area contributed by atoms with Crippen molar-refractivity contribution in [3.8, 4) is 11.5 Å². The lowest BCUT2D eigenvalue weighted by Gasteiger charge is -2.08. The second kappa shape index (κ2) is 7.52. The third kappa shape index (κ3) is 3.79. The van der Waals surface area contributed by atoms with Crippen molar-refractivity contribution in [2.24, 2.45) is 0 Å². The van der Waals surface area contributed by atoms with E-state index in [0.29, 0.717) is 0 Å². The Morgan fingerprint density at radius 1 is 1.12 bits per heavy atom. The van der Waals surface area contributed by atoms with Gasteiger partial charge in [-0.3, -0.25) is 14.9 Å². The van der Waals surface area contributed by atoms with Gasteiger partial charge < -0.3 is 9.47 Å². The van der Waals surface area contributed by atoms with Gasteiger partial charge in [0.1, 0.15) is 11.6 Å². The number of rotatable bonds is 6. The topological polar surface area (TPSA) is 78.7 Å². The molecule has 0 unspecified atom stereocenters. The van der Waals surface area contributed by atoms with E-state index in [0.717, 1.165) is 36.4 Å². The number of carbonyl (C=O) groups excluding carboxylic acids is 1. The van der Waals surface area contributed by atoms with Gasteiger partial charge in [0.05, 0.1) is 36.3 Å². The second-order valence-corrected chi connectivity index (χ2v) is 4.82. The van der Waals surface area contributed by atoms with Gasteiger partial charge in [0.15, 0.2) is 17.3 Å². The van der Waals surface area contributed by atoms with Gasteiger partial charge in [0.25, 0.3) is 5.69 Å². The van der Waals surface area contributed by atoms with E-state index >= 15 is 0 Å². The van der Waals surface area contributed by atoms with E-state index in [-0.39, 0.29) is 22.7 Å². The molecule has 0 fully saturated rings. The first-order chi connectivity index (χ1) is 11.9. The van der Waals surface area contributed by atoms with E-state index in [1.807, 2.05) is 0 Å². The molecule has 0 aliphatic rings. The number of nitrogens with zero attached hydrogens (tertiary/aromatic N) is 1. The van der Waals surface area contributed by atoms with Gasteiger partial charge in [-0.1, -0.05) is 6.07 Å². The number of ether oxygens (including phenoxy) is 2. The van der Waals surface area contributed by atoms with Crippen LogP contribution < -0.4 is 9.47 Å². The zero-order chi connectivity index (χ0) is 18.6. The summed E-state index contributed by atoms with van der Waals surface area (Å²) in [5.41, 5.74) is -1.06. The Kier molecular flexibility index (Phi) is 5.43. The lowest BCUT2D eigenvalue weighted by molar-refractivity contribution is -0.385. The van der Waals surface area contributed by atoms with Crippen LogP contribution in [-0.2, 0) is 0 Å². The molecule has 130 valence electrons. The van der Waals surface area contributed by atoms with E-state index in [4.69, 9.17) is 9.47 Å². The van der Waals surface area contributed by atoms with Crippen molar-refractivity contribution >= 4 is 17.5 Å². The summed E-state index contributed by atoms with van der Waals surface area (Å²) < 4.78 is 37.3. The molecular weight excluding hydrogens is 336 g/mol. The highest BCUT2D eigenvalue weighted by atomic mass is 19.1. The Morgan fingerprint density at radius 3 is 2.20 bits per heavy atom. The molecule has 0 amide bonds. The first-order valence-electron chi connectivity index (χ1n) is 6.95. The second-order valence-electron chi connectivity index (χ2n) is 4.82. The Labute approximate surface area is 141 Å². The summed E-state index contributed by atoms with van der Waals surface area (Å²) in [7, 11) is 2.67. The van der Waals surface area contributed by atoms with Crippen molar-refractivity contribution in [3.05, 3.63) is 69.3 Å². The minimum Gasteiger partial charge on any atom is -0.493 e. The van der Waals surface area contributed by atoms with Crippen LogP contribution in [0.25, 0.3) is 6.08 Å². The molecule has 8 heteroatoms. The molecule has 2 aromatic rings. The number of carbonyl (C=O) groups is 1. The number of nitro groups is 1. The molecule has 0 aromatic heterocycles. The zero-order valence-corrected chi connectivity index (χ0v) is 13.3.